The molecular weight excluding hydrogens is 202 g/mol. The molecule has 1 saturated carbocycles. The Hall–Kier alpha value is -1.38. The van der Waals surface area contributed by atoms with Crippen molar-refractivity contribution < 1.29 is 9.59 Å². The van der Waals surface area contributed by atoms with Crippen molar-refractivity contribution in [1.29, 1.82) is 0 Å². The van der Waals surface area contributed by atoms with Crippen LogP contribution in [0.15, 0.2) is 23.9 Å². The van der Waals surface area contributed by atoms with Crippen LogP contribution in [0.3, 0.4) is 0 Å². The van der Waals surface area contributed by atoms with Crippen LogP contribution >= 0.6 is 0 Å². The summed E-state index contributed by atoms with van der Waals surface area (Å²) in [5, 5.41) is 0. The molecule has 1 atom stereocenters. The Bertz CT molecular complexity index is 404. The number of amides is 1. The normalized spacial score (nSPS) is 29.1. The van der Waals surface area contributed by atoms with Crippen LogP contribution in [0.4, 0.5) is 0 Å². The van der Waals surface area contributed by atoms with Gasteiger partial charge in [-0.2, -0.15) is 0 Å². The maximum atomic E-state index is 11.9. The maximum absolute atomic E-state index is 11.9. The predicted octanol–water partition coefficient (Wildman–Crippen LogP) is 1.66. The molecule has 0 spiro atoms. The minimum absolute atomic E-state index is 0.183. The Labute approximate surface area is 94.8 Å². The van der Waals surface area contributed by atoms with Gasteiger partial charge in [0, 0.05) is 12.2 Å². The van der Waals surface area contributed by atoms with Gasteiger partial charge in [0.15, 0.2) is 0 Å². The van der Waals surface area contributed by atoms with E-state index in [1.807, 2.05) is 18.2 Å². The molecule has 1 heterocycles. The Balaban J connectivity index is 1.84. The van der Waals surface area contributed by atoms with Crippen molar-refractivity contribution in [2.75, 3.05) is 6.54 Å². The Kier molecular flexibility index (Phi) is 2.20. The van der Waals surface area contributed by atoms with Gasteiger partial charge in [0.2, 0.25) is 5.78 Å². The second-order valence-corrected chi connectivity index (χ2v) is 4.88. The van der Waals surface area contributed by atoms with Gasteiger partial charge < -0.3 is 4.90 Å². The minimum Gasteiger partial charge on any atom is -0.309 e. The molecular formula is C13H15NO2. The Morgan fingerprint density at radius 2 is 2.12 bits per heavy atom. The number of hydrogen-bond acceptors (Lipinski definition) is 2. The van der Waals surface area contributed by atoms with Gasteiger partial charge in [-0.25, -0.2) is 0 Å². The molecule has 1 unspecified atom stereocenters. The minimum atomic E-state index is -0.285. The number of fused-ring (bicyclic) bond motifs is 1. The highest BCUT2D eigenvalue weighted by Crippen LogP contribution is 2.35. The molecule has 0 bridgehead atoms. The van der Waals surface area contributed by atoms with Gasteiger partial charge in [-0.3, -0.25) is 9.59 Å². The number of ketones is 1. The molecule has 0 radical (unpaired) electrons. The number of carbonyl (C=O) groups is 2. The molecule has 3 rings (SSSR count). The van der Waals surface area contributed by atoms with Crippen LogP contribution in [0.25, 0.3) is 0 Å². The average Bonchev–Trinajstić information content (AvgIpc) is 2.48. The monoisotopic (exact) mass is 217 g/mol. The standard InChI is InChI=1S/C13H15NO2/c15-12-10-6-1-2-7-11(10)14(13(12)16)8-9-4-3-5-9/h1-2,7,9-10H,3-6,8H2. The number of Topliss-reactive ketones (excluding diaryl/α,β-unsaturated/α-hetero) is 1. The number of likely N-dealkylation sites (tertiary alicyclic amines) is 1. The second-order valence-electron chi connectivity index (χ2n) is 4.88. The van der Waals surface area contributed by atoms with Crippen molar-refractivity contribution in [1.82, 2.24) is 4.90 Å². The van der Waals surface area contributed by atoms with Gasteiger partial charge in [0.05, 0.1) is 5.92 Å². The molecule has 2 aliphatic carbocycles. The summed E-state index contributed by atoms with van der Waals surface area (Å²) in [7, 11) is 0. The SMILES string of the molecule is O=C1C(=O)N(CC2CCC2)C2=CC=CCC12. The number of rotatable bonds is 2. The number of allylic oxidation sites excluding steroid dienone is 4. The Morgan fingerprint density at radius 1 is 1.31 bits per heavy atom. The first kappa shape index (κ1) is 9.82. The maximum Gasteiger partial charge on any atom is 0.294 e. The molecule has 1 saturated heterocycles. The smallest absolute Gasteiger partial charge is 0.294 e. The van der Waals surface area contributed by atoms with Crippen molar-refractivity contribution in [3.8, 4) is 0 Å². The quantitative estimate of drug-likeness (QED) is 0.660. The van der Waals surface area contributed by atoms with E-state index in [9.17, 15) is 9.59 Å². The van der Waals surface area contributed by atoms with Crippen LogP contribution in [0.1, 0.15) is 25.7 Å². The zero-order chi connectivity index (χ0) is 11.1. The largest absolute Gasteiger partial charge is 0.309 e. The van der Waals surface area contributed by atoms with E-state index in [0.29, 0.717) is 12.3 Å². The van der Waals surface area contributed by atoms with Crippen molar-refractivity contribution in [2.24, 2.45) is 11.8 Å². The van der Waals surface area contributed by atoms with Gasteiger partial charge in [0.25, 0.3) is 5.91 Å². The average molecular weight is 217 g/mol. The third kappa shape index (κ3) is 1.34. The summed E-state index contributed by atoms with van der Waals surface area (Å²) < 4.78 is 0. The third-order valence-corrected chi connectivity index (χ3v) is 3.88. The van der Waals surface area contributed by atoms with Crippen molar-refractivity contribution in [3.05, 3.63) is 23.9 Å². The summed E-state index contributed by atoms with van der Waals surface area (Å²) >= 11 is 0. The molecule has 1 aliphatic heterocycles. The van der Waals surface area contributed by atoms with Gasteiger partial charge in [0.1, 0.15) is 0 Å². The van der Waals surface area contributed by atoms with Crippen molar-refractivity contribution >= 4 is 11.7 Å². The molecule has 0 aromatic heterocycles. The van der Waals surface area contributed by atoms with E-state index in [-0.39, 0.29) is 17.6 Å². The zero-order valence-corrected chi connectivity index (χ0v) is 9.19. The summed E-state index contributed by atoms with van der Waals surface area (Å²) in [5.74, 6) is -0.0679. The highest BCUT2D eigenvalue weighted by molar-refractivity contribution is 6.40. The number of nitrogens with zero attached hydrogens (tertiary/aromatic N) is 1. The summed E-state index contributed by atoms with van der Waals surface area (Å²) in [6, 6.07) is 0. The summed E-state index contributed by atoms with van der Waals surface area (Å²) in [4.78, 5) is 25.3. The lowest BCUT2D eigenvalue weighted by atomic mass is 9.85. The summed E-state index contributed by atoms with van der Waals surface area (Å²) in [6.45, 7) is 0.751. The Morgan fingerprint density at radius 3 is 2.81 bits per heavy atom. The molecule has 3 aliphatic rings. The fourth-order valence-electron chi connectivity index (χ4n) is 2.66. The van der Waals surface area contributed by atoms with Crippen LogP contribution in [0, 0.1) is 11.8 Å². The van der Waals surface area contributed by atoms with Crippen LogP contribution < -0.4 is 0 Å². The molecule has 16 heavy (non-hydrogen) atoms. The van der Waals surface area contributed by atoms with E-state index in [1.165, 1.54) is 19.3 Å². The molecule has 2 fully saturated rings. The van der Waals surface area contributed by atoms with E-state index in [0.717, 1.165) is 12.2 Å². The van der Waals surface area contributed by atoms with E-state index in [4.69, 9.17) is 0 Å². The van der Waals surface area contributed by atoms with Crippen LogP contribution in [0.2, 0.25) is 0 Å². The van der Waals surface area contributed by atoms with Crippen LogP contribution in [-0.2, 0) is 9.59 Å². The van der Waals surface area contributed by atoms with Gasteiger partial charge in [-0.1, -0.05) is 18.6 Å². The molecule has 0 aromatic rings. The first-order valence-corrected chi connectivity index (χ1v) is 6.00. The molecule has 3 heteroatoms. The lowest BCUT2D eigenvalue weighted by molar-refractivity contribution is -0.141. The highest BCUT2D eigenvalue weighted by Gasteiger charge is 2.43. The molecule has 0 aromatic carbocycles. The molecule has 1 amide bonds. The fraction of sp³-hybridized carbons (Fsp3) is 0.538. The van der Waals surface area contributed by atoms with Crippen LogP contribution in [-0.4, -0.2) is 23.1 Å². The van der Waals surface area contributed by atoms with Gasteiger partial charge >= 0.3 is 0 Å². The topological polar surface area (TPSA) is 37.4 Å². The van der Waals surface area contributed by atoms with E-state index in [1.54, 1.807) is 4.90 Å². The molecule has 3 nitrogen and oxygen atoms in total. The van der Waals surface area contributed by atoms with Crippen molar-refractivity contribution in [3.63, 3.8) is 0 Å². The summed E-state index contributed by atoms with van der Waals surface area (Å²) in [6.07, 6.45) is 10.2. The third-order valence-electron chi connectivity index (χ3n) is 3.88. The van der Waals surface area contributed by atoms with Gasteiger partial charge in [-0.15, -0.1) is 0 Å². The van der Waals surface area contributed by atoms with E-state index < -0.39 is 0 Å². The summed E-state index contributed by atoms with van der Waals surface area (Å²) in [5.41, 5.74) is 0.935. The highest BCUT2D eigenvalue weighted by atomic mass is 16.2. The first-order valence-electron chi connectivity index (χ1n) is 6.00. The molecule has 84 valence electrons. The predicted molar refractivity (Wildman–Crippen MR) is 59.4 cm³/mol. The number of hydrogen-bond donors (Lipinski definition) is 0. The lowest BCUT2D eigenvalue weighted by Crippen LogP contribution is -2.34. The van der Waals surface area contributed by atoms with Gasteiger partial charge in [-0.05, 0) is 31.3 Å². The second kappa shape index (κ2) is 3.58. The lowest BCUT2D eigenvalue weighted by Gasteiger charge is -2.31. The van der Waals surface area contributed by atoms with Crippen molar-refractivity contribution in [2.45, 2.75) is 25.7 Å². The number of carbonyl (C=O) groups excluding carboxylic acids is 2. The fourth-order valence-corrected chi connectivity index (χ4v) is 2.66. The first-order chi connectivity index (χ1) is 7.77. The zero-order valence-electron chi connectivity index (χ0n) is 9.19. The van der Waals surface area contributed by atoms with Crippen LogP contribution in [0.5, 0.6) is 0 Å². The van der Waals surface area contributed by atoms with E-state index >= 15 is 0 Å². The van der Waals surface area contributed by atoms with E-state index in [2.05, 4.69) is 0 Å². The molecule has 0 N–H and O–H groups in total.